The number of nitrogens with zero attached hydrogens (tertiary/aromatic N) is 1. The maximum Gasteiger partial charge on any atom is 0.183 e. The smallest absolute Gasteiger partial charge is 0.183 e. The fourth-order valence-corrected chi connectivity index (χ4v) is 2.39. The van der Waals surface area contributed by atoms with Crippen molar-refractivity contribution >= 4 is 9.84 Å². The first-order valence-electron chi connectivity index (χ1n) is 5.06. The summed E-state index contributed by atoms with van der Waals surface area (Å²) in [6.07, 6.45) is -0.752. The zero-order valence-electron chi connectivity index (χ0n) is 9.56. The molecule has 1 rings (SSSR count). The maximum absolute atomic E-state index is 13.3. The topological polar surface area (TPSA) is 67.2 Å². The molecule has 1 aromatic carbocycles. The second-order valence-corrected chi connectivity index (χ2v) is 5.61. The lowest BCUT2D eigenvalue weighted by Crippen LogP contribution is -2.17. The first-order valence-corrected chi connectivity index (χ1v) is 6.71. The molecule has 0 heterocycles. The third-order valence-corrected chi connectivity index (χ3v) is 3.82. The number of sulfone groups is 1. The second-order valence-electron chi connectivity index (χ2n) is 3.54. The molecule has 7 heteroatoms. The average Bonchev–Trinajstić information content (AvgIpc) is 2.31. The van der Waals surface area contributed by atoms with Crippen molar-refractivity contribution < 1.29 is 21.9 Å². The number of hydrogen-bond donors (Lipinski definition) is 0. The van der Waals surface area contributed by atoms with Gasteiger partial charge in [0, 0.05) is 0 Å². The van der Waals surface area contributed by atoms with Crippen LogP contribution in [0.15, 0.2) is 23.1 Å². The van der Waals surface area contributed by atoms with Gasteiger partial charge in [-0.05, 0) is 25.1 Å². The molecule has 0 saturated carbocycles. The summed E-state index contributed by atoms with van der Waals surface area (Å²) in [5.41, 5.74) is 0. The van der Waals surface area contributed by atoms with E-state index < -0.39 is 38.2 Å². The lowest BCUT2D eigenvalue weighted by molar-refractivity contribution is 0.116. The van der Waals surface area contributed by atoms with Crippen LogP contribution in [0.5, 0.6) is 0 Å². The molecule has 1 unspecified atom stereocenters. The van der Waals surface area contributed by atoms with E-state index in [4.69, 9.17) is 10.00 Å². The molecular formula is C11H11F2NO3S. The van der Waals surface area contributed by atoms with Crippen LogP contribution in [-0.4, -0.2) is 26.9 Å². The van der Waals surface area contributed by atoms with E-state index in [0.717, 1.165) is 12.1 Å². The summed E-state index contributed by atoms with van der Waals surface area (Å²) in [5.74, 6) is -2.36. The molecule has 0 saturated heterocycles. The molecule has 0 N–H and O–H groups in total. The molecule has 0 radical (unpaired) electrons. The summed E-state index contributed by atoms with van der Waals surface area (Å²) in [6, 6.07) is 3.97. The molecule has 0 aliphatic carbocycles. The van der Waals surface area contributed by atoms with Crippen molar-refractivity contribution in [3.63, 3.8) is 0 Å². The lowest BCUT2D eigenvalue weighted by Gasteiger charge is -2.07. The quantitative estimate of drug-likeness (QED) is 0.819. The van der Waals surface area contributed by atoms with Gasteiger partial charge in [-0.15, -0.1) is 0 Å². The zero-order valence-corrected chi connectivity index (χ0v) is 10.4. The van der Waals surface area contributed by atoms with Crippen LogP contribution in [0.25, 0.3) is 0 Å². The Hall–Kier alpha value is -1.52. The molecule has 18 heavy (non-hydrogen) atoms. The van der Waals surface area contributed by atoms with E-state index in [-0.39, 0.29) is 6.61 Å². The molecule has 0 amide bonds. The van der Waals surface area contributed by atoms with Crippen LogP contribution in [0.1, 0.15) is 6.92 Å². The van der Waals surface area contributed by atoms with Crippen LogP contribution in [0.3, 0.4) is 0 Å². The molecule has 0 aliphatic heterocycles. The zero-order chi connectivity index (χ0) is 13.8. The summed E-state index contributed by atoms with van der Waals surface area (Å²) in [4.78, 5) is -0.698. The molecular weight excluding hydrogens is 264 g/mol. The Morgan fingerprint density at radius 2 is 2.11 bits per heavy atom. The van der Waals surface area contributed by atoms with E-state index >= 15 is 0 Å². The first-order chi connectivity index (χ1) is 8.36. The Morgan fingerprint density at radius 3 is 2.72 bits per heavy atom. The number of ether oxygens (including phenoxy) is 1. The first kappa shape index (κ1) is 14.5. The van der Waals surface area contributed by atoms with Crippen LogP contribution >= 0.6 is 0 Å². The molecule has 0 bridgehead atoms. The molecule has 0 fully saturated rings. The average molecular weight is 275 g/mol. The van der Waals surface area contributed by atoms with Gasteiger partial charge in [-0.3, -0.25) is 0 Å². The van der Waals surface area contributed by atoms with Gasteiger partial charge in [0.15, 0.2) is 9.84 Å². The van der Waals surface area contributed by atoms with Crippen molar-refractivity contribution in [1.29, 1.82) is 5.26 Å². The van der Waals surface area contributed by atoms with Gasteiger partial charge < -0.3 is 4.74 Å². The Morgan fingerprint density at radius 1 is 1.44 bits per heavy atom. The fourth-order valence-electron chi connectivity index (χ4n) is 1.20. The highest BCUT2D eigenvalue weighted by Crippen LogP contribution is 2.17. The van der Waals surface area contributed by atoms with E-state index in [1.54, 1.807) is 6.07 Å². The fraction of sp³-hybridized carbons (Fsp3) is 0.364. The van der Waals surface area contributed by atoms with Crippen molar-refractivity contribution in [1.82, 2.24) is 0 Å². The molecule has 98 valence electrons. The van der Waals surface area contributed by atoms with E-state index in [1.165, 1.54) is 6.92 Å². The number of benzene rings is 1. The summed E-state index contributed by atoms with van der Waals surface area (Å²) in [6.45, 7) is 1.20. The maximum atomic E-state index is 13.3. The highest BCUT2D eigenvalue weighted by Gasteiger charge is 2.20. The minimum Gasteiger partial charge on any atom is -0.363 e. The predicted octanol–water partition coefficient (Wildman–Crippen LogP) is 1.67. The van der Waals surface area contributed by atoms with Crippen LogP contribution in [-0.2, 0) is 14.6 Å². The summed E-state index contributed by atoms with van der Waals surface area (Å²) >= 11 is 0. The standard InChI is InChI=1S/C11H11F2NO3S/c1-8(7-14)17-4-5-18(15,16)11-6-9(12)2-3-10(11)13/h2-3,6,8H,4-5H2,1H3. The van der Waals surface area contributed by atoms with E-state index in [9.17, 15) is 17.2 Å². The number of hydrogen-bond acceptors (Lipinski definition) is 4. The monoisotopic (exact) mass is 275 g/mol. The van der Waals surface area contributed by atoms with Gasteiger partial charge in [0.2, 0.25) is 0 Å². The molecule has 0 aromatic heterocycles. The molecule has 1 aromatic rings. The number of halogens is 2. The van der Waals surface area contributed by atoms with Crippen molar-refractivity contribution in [2.24, 2.45) is 0 Å². The second kappa shape index (κ2) is 5.89. The molecule has 4 nitrogen and oxygen atoms in total. The van der Waals surface area contributed by atoms with Crippen LogP contribution < -0.4 is 0 Å². The van der Waals surface area contributed by atoms with Crippen molar-refractivity contribution in [2.75, 3.05) is 12.4 Å². The number of rotatable bonds is 5. The van der Waals surface area contributed by atoms with Crippen LogP contribution in [0.2, 0.25) is 0 Å². The Bertz CT molecular complexity index is 566. The summed E-state index contributed by atoms with van der Waals surface area (Å²) in [5, 5.41) is 8.43. The van der Waals surface area contributed by atoms with Gasteiger partial charge >= 0.3 is 0 Å². The van der Waals surface area contributed by atoms with E-state index in [0.29, 0.717) is 6.07 Å². The van der Waals surface area contributed by atoms with Gasteiger partial charge in [0.1, 0.15) is 22.6 Å². The predicted molar refractivity (Wildman–Crippen MR) is 59.4 cm³/mol. The van der Waals surface area contributed by atoms with Gasteiger partial charge in [0.05, 0.1) is 18.4 Å². The van der Waals surface area contributed by atoms with E-state index in [1.807, 2.05) is 0 Å². The summed E-state index contributed by atoms with van der Waals surface area (Å²) in [7, 11) is -3.97. The Kier molecular flexibility index (Phi) is 4.76. The Labute approximate surface area is 104 Å². The van der Waals surface area contributed by atoms with Gasteiger partial charge in [-0.1, -0.05) is 0 Å². The van der Waals surface area contributed by atoms with Crippen LogP contribution in [0, 0.1) is 23.0 Å². The van der Waals surface area contributed by atoms with Crippen molar-refractivity contribution in [3.05, 3.63) is 29.8 Å². The van der Waals surface area contributed by atoms with Crippen LogP contribution in [0.4, 0.5) is 8.78 Å². The third-order valence-electron chi connectivity index (χ3n) is 2.13. The Balaban J connectivity index is 2.81. The highest BCUT2D eigenvalue weighted by molar-refractivity contribution is 7.91. The minimum atomic E-state index is -3.97. The molecule has 0 spiro atoms. The van der Waals surface area contributed by atoms with Gasteiger partial charge in [0.25, 0.3) is 0 Å². The van der Waals surface area contributed by atoms with Crippen molar-refractivity contribution in [2.45, 2.75) is 17.9 Å². The summed E-state index contributed by atoms with van der Waals surface area (Å²) < 4.78 is 54.4. The lowest BCUT2D eigenvalue weighted by atomic mass is 10.3. The molecule has 1 atom stereocenters. The third kappa shape index (κ3) is 3.75. The number of nitriles is 1. The van der Waals surface area contributed by atoms with E-state index in [2.05, 4.69) is 0 Å². The normalized spacial score (nSPS) is 13.0. The minimum absolute atomic E-state index is 0.257. The molecule has 0 aliphatic rings. The van der Waals surface area contributed by atoms with Crippen molar-refractivity contribution in [3.8, 4) is 6.07 Å². The largest absolute Gasteiger partial charge is 0.363 e. The highest BCUT2D eigenvalue weighted by atomic mass is 32.2. The van der Waals surface area contributed by atoms with Gasteiger partial charge in [-0.25, -0.2) is 17.2 Å². The SMILES string of the molecule is CC(C#N)OCCS(=O)(=O)c1cc(F)ccc1F. The van der Waals surface area contributed by atoms with Gasteiger partial charge in [-0.2, -0.15) is 5.26 Å².